The molecule has 7 nitrogen and oxygen atoms in total. The van der Waals surface area contributed by atoms with Crippen LogP contribution in [-0.4, -0.2) is 42.2 Å². The number of nitrogens with zero attached hydrogens (tertiary/aromatic N) is 3. The van der Waals surface area contributed by atoms with Crippen molar-refractivity contribution in [1.82, 2.24) is 15.3 Å². The molecule has 3 rings (SSSR count). The SMILES string of the molecule is CCOc1ccc(NC(=O)NCC2CCN(c3cnccn3)CC2)cc1. The first-order chi connectivity index (χ1) is 12.7. The van der Waals surface area contributed by atoms with Crippen LogP contribution in [0.4, 0.5) is 16.3 Å². The Morgan fingerprint density at radius 1 is 1.23 bits per heavy atom. The van der Waals surface area contributed by atoms with Gasteiger partial charge in [-0.25, -0.2) is 9.78 Å². The molecule has 1 fully saturated rings. The van der Waals surface area contributed by atoms with Crippen LogP contribution >= 0.6 is 0 Å². The van der Waals surface area contributed by atoms with Gasteiger partial charge in [0.15, 0.2) is 0 Å². The van der Waals surface area contributed by atoms with Crippen molar-refractivity contribution in [3.05, 3.63) is 42.9 Å². The van der Waals surface area contributed by atoms with Crippen molar-refractivity contribution in [2.24, 2.45) is 5.92 Å². The molecule has 2 amide bonds. The Morgan fingerprint density at radius 3 is 2.65 bits per heavy atom. The number of rotatable bonds is 6. The summed E-state index contributed by atoms with van der Waals surface area (Å²) in [5, 5.41) is 5.82. The summed E-state index contributed by atoms with van der Waals surface area (Å²) in [5.41, 5.74) is 0.753. The number of aromatic nitrogens is 2. The van der Waals surface area contributed by atoms with Crippen molar-refractivity contribution >= 4 is 17.5 Å². The quantitative estimate of drug-likeness (QED) is 0.833. The molecule has 26 heavy (non-hydrogen) atoms. The smallest absolute Gasteiger partial charge is 0.319 e. The van der Waals surface area contributed by atoms with E-state index < -0.39 is 0 Å². The molecule has 2 aromatic rings. The molecule has 138 valence electrons. The summed E-state index contributed by atoms with van der Waals surface area (Å²) in [7, 11) is 0. The second-order valence-electron chi connectivity index (χ2n) is 6.29. The van der Waals surface area contributed by atoms with Gasteiger partial charge >= 0.3 is 6.03 Å². The summed E-state index contributed by atoms with van der Waals surface area (Å²) in [6, 6.07) is 7.20. The molecule has 0 unspecified atom stereocenters. The lowest BCUT2D eigenvalue weighted by Crippen LogP contribution is -2.40. The first kappa shape index (κ1) is 18.0. The van der Waals surface area contributed by atoms with E-state index in [0.29, 0.717) is 19.1 Å². The molecule has 0 spiro atoms. The fourth-order valence-corrected chi connectivity index (χ4v) is 3.03. The molecule has 1 aromatic carbocycles. The molecule has 0 bridgehead atoms. The van der Waals surface area contributed by atoms with E-state index in [-0.39, 0.29) is 6.03 Å². The molecule has 2 heterocycles. The number of benzene rings is 1. The van der Waals surface area contributed by atoms with Crippen LogP contribution in [0.3, 0.4) is 0 Å². The summed E-state index contributed by atoms with van der Waals surface area (Å²) in [4.78, 5) is 22.8. The first-order valence-corrected chi connectivity index (χ1v) is 9.03. The number of urea groups is 1. The molecular weight excluding hydrogens is 330 g/mol. The maximum Gasteiger partial charge on any atom is 0.319 e. The average Bonchev–Trinajstić information content (AvgIpc) is 2.69. The van der Waals surface area contributed by atoms with Gasteiger partial charge in [0, 0.05) is 37.7 Å². The van der Waals surface area contributed by atoms with Gasteiger partial charge in [-0.1, -0.05) is 0 Å². The molecule has 1 aromatic heterocycles. The molecule has 1 aliphatic heterocycles. The first-order valence-electron chi connectivity index (χ1n) is 9.03. The predicted molar refractivity (Wildman–Crippen MR) is 102 cm³/mol. The average molecular weight is 355 g/mol. The van der Waals surface area contributed by atoms with E-state index in [1.165, 1.54) is 0 Å². The van der Waals surface area contributed by atoms with Gasteiger partial charge < -0.3 is 20.3 Å². The third kappa shape index (κ3) is 5.08. The van der Waals surface area contributed by atoms with Gasteiger partial charge in [-0.05, 0) is 49.9 Å². The number of piperidine rings is 1. The van der Waals surface area contributed by atoms with Crippen molar-refractivity contribution in [1.29, 1.82) is 0 Å². The van der Waals surface area contributed by atoms with Crippen molar-refractivity contribution < 1.29 is 9.53 Å². The van der Waals surface area contributed by atoms with Gasteiger partial charge in [-0.3, -0.25) is 4.98 Å². The van der Waals surface area contributed by atoms with E-state index in [0.717, 1.165) is 43.2 Å². The largest absolute Gasteiger partial charge is 0.494 e. The molecule has 1 aliphatic rings. The number of carbonyl (C=O) groups is 1. The Morgan fingerprint density at radius 2 is 2.00 bits per heavy atom. The van der Waals surface area contributed by atoms with E-state index in [1.54, 1.807) is 18.6 Å². The highest BCUT2D eigenvalue weighted by Gasteiger charge is 2.20. The van der Waals surface area contributed by atoms with Gasteiger partial charge in [0.1, 0.15) is 11.6 Å². The van der Waals surface area contributed by atoms with Crippen LogP contribution in [0.2, 0.25) is 0 Å². The lowest BCUT2D eigenvalue weighted by molar-refractivity contribution is 0.248. The van der Waals surface area contributed by atoms with E-state index in [1.807, 2.05) is 31.2 Å². The highest BCUT2D eigenvalue weighted by Crippen LogP contribution is 2.20. The summed E-state index contributed by atoms with van der Waals surface area (Å²) in [6.45, 7) is 5.12. The van der Waals surface area contributed by atoms with E-state index in [2.05, 4.69) is 25.5 Å². The van der Waals surface area contributed by atoms with Crippen molar-refractivity contribution in [3.8, 4) is 5.75 Å². The lowest BCUT2D eigenvalue weighted by Gasteiger charge is -2.32. The second kappa shape index (κ2) is 9.03. The monoisotopic (exact) mass is 355 g/mol. The van der Waals surface area contributed by atoms with Crippen molar-refractivity contribution in [2.45, 2.75) is 19.8 Å². The minimum atomic E-state index is -0.175. The Kier molecular flexibility index (Phi) is 6.24. The minimum Gasteiger partial charge on any atom is -0.494 e. The molecule has 7 heteroatoms. The van der Waals surface area contributed by atoms with Crippen LogP contribution in [0.5, 0.6) is 5.75 Å². The Labute approximate surface area is 153 Å². The van der Waals surface area contributed by atoms with Crippen molar-refractivity contribution in [2.75, 3.05) is 36.5 Å². The number of ether oxygens (including phenoxy) is 1. The summed E-state index contributed by atoms with van der Waals surface area (Å²) >= 11 is 0. The molecule has 2 N–H and O–H groups in total. The van der Waals surface area contributed by atoms with Crippen molar-refractivity contribution in [3.63, 3.8) is 0 Å². The summed E-state index contributed by atoms with van der Waals surface area (Å²) in [6.07, 6.45) is 7.25. The number of hydrogen-bond acceptors (Lipinski definition) is 5. The molecule has 0 atom stereocenters. The van der Waals surface area contributed by atoms with E-state index in [4.69, 9.17) is 4.74 Å². The van der Waals surface area contributed by atoms with Crippen LogP contribution in [0.1, 0.15) is 19.8 Å². The molecule has 0 aliphatic carbocycles. The zero-order valence-electron chi connectivity index (χ0n) is 15.0. The Hall–Kier alpha value is -2.83. The Bertz CT molecular complexity index is 685. The van der Waals surface area contributed by atoms with Crippen LogP contribution in [0.25, 0.3) is 0 Å². The van der Waals surface area contributed by atoms with Crippen LogP contribution < -0.4 is 20.3 Å². The maximum atomic E-state index is 12.1. The standard InChI is InChI=1S/C19H25N5O2/c1-2-26-17-5-3-16(4-6-17)23-19(25)22-13-15-7-11-24(12-8-15)18-14-20-9-10-21-18/h3-6,9-10,14-15H,2,7-8,11-13H2,1H3,(H2,22,23,25). The van der Waals surface area contributed by atoms with Crippen LogP contribution in [-0.2, 0) is 0 Å². The van der Waals surface area contributed by atoms with E-state index in [9.17, 15) is 4.79 Å². The molecular formula is C19H25N5O2. The highest BCUT2D eigenvalue weighted by atomic mass is 16.5. The minimum absolute atomic E-state index is 0.175. The molecule has 1 saturated heterocycles. The van der Waals surface area contributed by atoms with Gasteiger partial charge in [0.2, 0.25) is 0 Å². The topological polar surface area (TPSA) is 79.4 Å². The number of anilines is 2. The van der Waals surface area contributed by atoms with Crippen LogP contribution in [0.15, 0.2) is 42.9 Å². The maximum absolute atomic E-state index is 12.1. The van der Waals surface area contributed by atoms with Gasteiger partial charge in [-0.15, -0.1) is 0 Å². The fourth-order valence-electron chi connectivity index (χ4n) is 3.03. The second-order valence-corrected chi connectivity index (χ2v) is 6.29. The van der Waals surface area contributed by atoms with Gasteiger partial charge in [0.05, 0.1) is 12.8 Å². The zero-order valence-corrected chi connectivity index (χ0v) is 15.0. The van der Waals surface area contributed by atoms with E-state index >= 15 is 0 Å². The fraction of sp³-hybridized carbons (Fsp3) is 0.421. The number of carbonyl (C=O) groups excluding carboxylic acids is 1. The molecule has 0 saturated carbocycles. The van der Waals surface area contributed by atoms with Gasteiger partial charge in [0.25, 0.3) is 0 Å². The normalized spacial score (nSPS) is 14.7. The number of nitrogens with one attached hydrogen (secondary N) is 2. The highest BCUT2D eigenvalue weighted by molar-refractivity contribution is 5.89. The third-order valence-electron chi connectivity index (χ3n) is 4.46. The number of amides is 2. The summed E-state index contributed by atoms with van der Waals surface area (Å²) < 4.78 is 5.39. The van der Waals surface area contributed by atoms with Crippen LogP contribution in [0, 0.1) is 5.92 Å². The zero-order chi connectivity index (χ0) is 18.2. The Balaban J connectivity index is 1.38. The lowest BCUT2D eigenvalue weighted by atomic mass is 9.97. The summed E-state index contributed by atoms with van der Waals surface area (Å²) in [5.74, 6) is 2.20. The van der Waals surface area contributed by atoms with Gasteiger partial charge in [-0.2, -0.15) is 0 Å². The predicted octanol–water partition coefficient (Wildman–Crippen LogP) is 2.91. The number of hydrogen-bond donors (Lipinski definition) is 2. The molecule has 0 radical (unpaired) electrons. The third-order valence-corrected chi connectivity index (χ3v) is 4.46.